The molecular formula is C13H18O2S. The standard InChI is InChI=1S/C13H18O2S/c1-13(2,12(14)15)7-9-8-16-11-6-4-3-5-10(9)11/h8H,3-7H2,1-2H3,(H,14,15). The van der Waals surface area contributed by atoms with Gasteiger partial charge in [0.1, 0.15) is 0 Å². The van der Waals surface area contributed by atoms with Gasteiger partial charge in [-0.15, -0.1) is 11.3 Å². The number of rotatable bonds is 3. The number of aliphatic carboxylic acids is 1. The molecule has 0 aromatic carbocycles. The zero-order valence-corrected chi connectivity index (χ0v) is 10.7. The van der Waals surface area contributed by atoms with Gasteiger partial charge in [0, 0.05) is 4.88 Å². The van der Waals surface area contributed by atoms with Crippen molar-refractivity contribution in [2.75, 3.05) is 0 Å². The lowest BCUT2D eigenvalue weighted by Crippen LogP contribution is -2.26. The first kappa shape index (κ1) is 11.6. The van der Waals surface area contributed by atoms with Crippen molar-refractivity contribution in [3.05, 3.63) is 21.4 Å². The molecule has 1 aliphatic rings. The van der Waals surface area contributed by atoms with E-state index in [0.29, 0.717) is 6.42 Å². The zero-order valence-electron chi connectivity index (χ0n) is 9.88. The van der Waals surface area contributed by atoms with E-state index in [4.69, 9.17) is 5.11 Å². The first-order valence-electron chi connectivity index (χ1n) is 5.82. The van der Waals surface area contributed by atoms with E-state index in [9.17, 15) is 4.79 Å². The average Bonchev–Trinajstić information content (AvgIpc) is 2.61. The molecule has 2 nitrogen and oxygen atoms in total. The van der Waals surface area contributed by atoms with Crippen LogP contribution in [0.25, 0.3) is 0 Å². The van der Waals surface area contributed by atoms with Gasteiger partial charge in [-0.2, -0.15) is 0 Å². The second-order valence-corrected chi connectivity index (χ2v) is 6.20. The number of carbonyl (C=O) groups is 1. The van der Waals surface area contributed by atoms with Crippen LogP contribution in [-0.2, 0) is 24.1 Å². The van der Waals surface area contributed by atoms with Gasteiger partial charge in [0.25, 0.3) is 0 Å². The van der Waals surface area contributed by atoms with Gasteiger partial charge in [-0.05, 0) is 62.5 Å². The van der Waals surface area contributed by atoms with E-state index in [1.165, 1.54) is 35.3 Å². The second-order valence-electron chi connectivity index (χ2n) is 5.24. The first-order valence-corrected chi connectivity index (χ1v) is 6.70. The van der Waals surface area contributed by atoms with Crippen LogP contribution in [0.3, 0.4) is 0 Å². The van der Waals surface area contributed by atoms with Crippen LogP contribution in [0.2, 0.25) is 0 Å². The van der Waals surface area contributed by atoms with Gasteiger partial charge in [0.15, 0.2) is 0 Å². The molecule has 1 aliphatic carbocycles. The number of thiophene rings is 1. The lowest BCUT2D eigenvalue weighted by molar-refractivity contribution is -0.146. The summed E-state index contributed by atoms with van der Waals surface area (Å²) in [5, 5.41) is 11.3. The third-order valence-electron chi connectivity index (χ3n) is 3.36. The molecule has 2 rings (SSSR count). The Hall–Kier alpha value is -0.830. The van der Waals surface area contributed by atoms with Crippen LogP contribution in [0, 0.1) is 5.41 Å². The van der Waals surface area contributed by atoms with Crippen molar-refractivity contribution in [2.45, 2.75) is 46.0 Å². The molecule has 1 aromatic rings. The normalized spacial score (nSPS) is 15.9. The van der Waals surface area contributed by atoms with Crippen molar-refractivity contribution in [3.63, 3.8) is 0 Å². The Kier molecular flexibility index (Phi) is 3.06. The SMILES string of the molecule is CC(C)(Cc1csc2c1CCCC2)C(=O)O. The molecule has 1 heterocycles. The molecule has 3 heteroatoms. The van der Waals surface area contributed by atoms with E-state index in [0.717, 1.165) is 6.42 Å². The second kappa shape index (κ2) is 4.21. The van der Waals surface area contributed by atoms with E-state index >= 15 is 0 Å². The van der Waals surface area contributed by atoms with Crippen molar-refractivity contribution < 1.29 is 9.90 Å². The number of carboxylic acid groups (broad SMARTS) is 1. The summed E-state index contributed by atoms with van der Waals surface area (Å²) in [6.45, 7) is 3.62. The highest BCUT2D eigenvalue weighted by atomic mass is 32.1. The first-order chi connectivity index (χ1) is 7.50. The third-order valence-corrected chi connectivity index (χ3v) is 4.50. The fourth-order valence-electron chi connectivity index (χ4n) is 2.26. The number of hydrogen-bond acceptors (Lipinski definition) is 2. The van der Waals surface area contributed by atoms with Crippen LogP contribution in [-0.4, -0.2) is 11.1 Å². The molecule has 0 bridgehead atoms. The van der Waals surface area contributed by atoms with Gasteiger partial charge < -0.3 is 5.11 Å². The average molecular weight is 238 g/mol. The maximum Gasteiger partial charge on any atom is 0.309 e. The van der Waals surface area contributed by atoms with Crippen LogP contribution in [0.5, 0.6) is 0 Å². The highest BCUT2D eigenvalue weighted by Gasteiger charge is 2.29. The Morgan fingerprint density at radius 2 is 2.12 bits per heavy atom. The Labute approximate surface area is 100 Å². The Morgan fingerprint density at radius 3 is 2.81 bits per heavy atom. The molecular weight excluding hydrogens is 220 g/mol. The van der Waals surface area contributed by atoms with E-state index in [1.807, 2.05) is 25.2 Å². The molecule has 0 saturated heterocycles. The summed E-state index contributed by atoms with van der Waals surface area (Å²) in [5.41, 5.74) is 2.07. The number of aryl methyl sites for hydroxylation is 1. The third kappa shape index (κ3) is 2.14. The number of fused-ring (bicyclic) bond motifs is 1. The summed E-state index contributed by atoms with van der Waals surface area (Å²) < 4.78 is 0. The maximum atomic E-state index is 11.1. The minimum absolute atomic E-state index is 0.647. The highest BCUT2D eigenvalue weighted by molar-refractivity contribution is 7.10. The van der Waals surface area contributed by atoms with E-state index in [1.54, 1.807) is 0 Å². The topological polar surface area (TPSA) is 37.3 Å². The molecule has 0 aliphatic heterocycles. The van der Waals surface area contributed by atoms with E-state index in [-0.39, 0.29) is 0 Å². The molecule has 1 aromatic heterocycles. The molecule has 0 radical (unpaired) electrons. The van der Waals surface area contributed by atoms with Crippen LogP contribution in [0.4, 0.5) is 0 Å². The fraction of sp³-hybridized carbons (Fsp3) is 0.615. The van der Waals surface area contributed by atoms with Crippen molar-refractivity contribution >= 4 is 17.3 Å². The zero-order chi connectivity index (χ0) is 11.8. The summed E-state index contributed by atoms with van der Waals surface area (Å²) in [5.74, 6) is -0.705. The van der Waals surface area contributed by atoms with Crippen LogP contribution < -0.4 is 0 Å². The lowest BCUT2D eigenvalue weighted by atomic mass is 9.83. The molecule has 88 valence electrons. The van der Waals surface area contributed by atoms with E-state index in [2.05, 4.69) is 5.38 Å². The van der Waals surface area contributed by atoms with Crippen molar-refractivity contribution in [2.24, 2.45) is 5.41 Å². The summed E-state index contributed by atoms with van der Waals surface area (Å²) in [6, 6.07) is 0. The number of hydrogen-bond donors (Lipinski definition) is 1. The van der Waals surface area contributed by atoms with E-state index < -0.39 is 11.4 Å². The lowest BCUT2D eigenvalue weighted by Gasteiger charge is -2.20. The van der Waals surface area contributed by atoms with Crippen molar-refractivity contribution in [3.8, 4) is 0 Å². The molecule has 16 heavy (non-hydrogen) atoms. The van der Waals surface area contributed by atoms with Gasteiger partial charge in [0.05, 0.1) is 5.41 Å². The summed E-state index contributed by atoms with van der Waals surface area (Å²) >= 11 is 1.81. The monoisotopic (exact) mass is 238 g/mol. The molecule has 0 unspecified atom stereocenters. The summed E-state index contributed by atoms with van der Waals surface area (Å²) in [6.07, 6.45) is 5.53. The Morgan fingerprint density at radius 1 is 1.44 bits per heavy atom. The quantitative estimate of drug-likeness (QED) is 0.877. The minimum Gasteiger partial charge on any atom is -0.481 e. The largest absolute Gasteiger partial charge is 0.481 e. The van der Waals surface area contributed by atoms with Gasteiger partial charge >= 0.3 is 5.97 Å². The van der Waals surface area contributed by atoms with Crippen molar-refractivity contribution in [1.82, 2.24) is 0 Å². The van der Waals surface area contributed by atoms with Crippen LogP contribution in [0.1, 0.15) is 42.7 Å². The van der Waals surface area contributed by atoms with Gasteiger partial charge in [-0.1, -0.05) is 0 Å². The molecule has 0 amide bonds. The van der Waals surface area contributed by atoms with Gasteiger partial charge in [0.2, 0.25) is 0 Å². The molecule has 0 saturated carbocycles. The summed E-state index contributed by atoms with van der Waals surface area (Å²) in [7, 11) is 0. The smallest absolute Gasteiger partial charge is 0.309 e. The predicted molar refractivity (Wildman–Crippen MR) is 66.1 cm³/mol. The molecule has 0 spiro atoms. The number of carboxylic acids is 1. The minimum atomic E-state index is -0.705. The maximum absolute atomic E-state index is 11.1. The molecule has 0 atom stereocenters. The Bertz CT molecular complexity index is 404. The summed E-state index contributed by atoms with van der Waals surface area (Å²) in [4.78, 5) is 12.6. The highest BCUT2D eigenvalue weighted by Crippen LogP contribution is 2.34. The molecule has 1 N–H and O–H groups in total. The van der Waals surface area contributed by atoms with Crippen LogP contribution >= 0.6 is 11.3 Å². The fourth-order valence-corrected chi connectivity index (χ4v) is 3.41. The van der Waals surface area contributed by atoms with Crippen LogP contribution in [0.15, 0.2) is 5.38 Å². The predicted octanol–water partition coefficient (Wildman–Crippen LogP) is 3.28. The Balaban J connectivity index is 2.22. The van der Waals surface area contributed by atoms with Gasteiger partial charge in [-0.3, -0.25) is 4.79 Å². The van der Waals surface area contributed by atoms with Crippen molar-refractivity contribution in [1.29, 1.82) is 0 Å². The van der Waals surface area contributed by atoms with Gasteiger partial charge in [-0.25, -0.2) is 0 Å². The molecule has 0 fully saturated rings.